The van der Waals surface area contributed by atoms with Crippen LogP contribution in [0.15, 0.2) is 0 Å². The minimum Gasteiger partial charge on any atom is -0.400 e. The van der Waals surface area contributed by atoms with Crippen molar-refractivity contribution in [3.05, 3.63) is 0 Å². The summed E-state index contributed by atoms with van der Waals surface area (Å²) >= 11 is 0. The molecule has 0 aliphatic carbocycles. The molecule has 0 aromatic heterocycles. The van der Waals surface area contributed by atoms with Gasteiger partial charge in [-0.1, -0.05) is 19.4 Å². The first-order valence-electron chi connectivity index (χ1n) is 5.60. The summed E-state index contributed by atoms with van der Waals surface area (Å²) in [6.45, 7) is 11.0. The van der Waals surface area contributed by atoms with Gasteiger partial charge in [0.1, 0.15) is 0 Å². The van der Waals surface area contributed by atoms with Gasteiger partial charge in [-0.15, -0.1) is 5.92 Å². The van der Waals surface area contributed by atoms with E-state index in [0.29, 0.717) is 5.92 Å². The van der Waals surface area contributed by atoms with Crippen LogP contribution in [0.5, 0.6) is 0 Å². The van der Waals surface area contributed by atoms with Crippen molar-refractivity contribution in [2.45, 2.75) is 58.7 Å². The molecule has 1 aliphatic heterocycles. The van der Waals surface area contributed by atoms with Gasteiger partial charge in [-0.3, -0.25) is 0 Å². The quantitative estimate of drug-likeness (QED) is 0.440. The third kappa shape index (κ3) is 2.62. The zero-order chi connectivity index (χ0) is 10.8. The number of hydrogen-bond acceptors (Lipinski definition) is 1. The number of rotatable bonds is 0. The average molecular weight is 210 g/mol. The molecule has 1 saturated heterocycles. The highest BCUT2D eigenvalue weighted by Gasteiger charge is 2.42. The van der Waals surface area contributed by atoms with Crippen molar-refractivity contribution >= 4 is 8.32 Å². The Morgan fingerprint density at radius 1 is 1.50 bits per heavy atom. The molecule has 0 amide bonds. The van der Waals surface area contributed by atoms with E-state index in [1.165, 1.54) is 12.5 Å². The van der Waals surface area contributed by atoms with Crippen LogP contribution in [0.3, 0.4) is 0 Å². The monoisotopic (exact) mass is 210 g/mol. The molecule has 0 saturated carbocycles. The van der Waals surface area contributed by atoms with Crippen LogP contribution in [0.2, 0.25) is 12.6 Å². The Kier molecular flexibility index (Phi) is 3.44. The molecule has 0 N–H and O–H groups in total. The van der Waals surface area contributed by atoms with E-state index < -0.39 is 8.32 Å². The summed E-state index contributed by atoms with van der Waals surface area (Å²) in [5.41, 5.74) is 3.42. The van der Waals surface area contributed by atoms with Gasteiger partial charge < -0.3 is 4.43 Å². The van der Waals surface area contributed by atoms with Gasteiger partial charge in [0.2, 0.25) is 0 Å². The summed E-state index contributed by atoms with van der Waals surface area (Å²) in [4.78, 5) is 0. The standard InChI is InChI=1S/C12H22OSi/c1-6-7-9-14(5)10-8-11(2)12(3,4)13-14/h11H,6,8,10H2,1-5H3. The Bertz CT molecular complexity index is 261. The molecule has 0 aromatic rings. The second-order valence-electron chi connectivity index (χ2n) is 5.03. The molecule has 1 aliphatic rings. The van der Waals surface area contributed by atoms with Crippen LogP contribution in [0.1, 0.15) is 40.5 Å². The van der Waals surface area contributed by atoms with Crippen molar-refractivity contribution < 1.29 is 4.43 Å². The van der Waals surface area contributed by atoms with Crippen molar-refractivity contribution in [2.24, 2.45) is 5.92 Å². The average Bonchev–Trinajstić information content (AvgIpc) is 2.08. The molecule has 0 aromatic carbocycles. The fourth-order valence-corrected chi connectivity index (χ4v) is 5.11. The van der Waals surface area contributed by atoms with E-state index in [0.717, 1.165) is 6.42 Å². The first-order chi connectivity index (χ1) is 6.40. The maximum Gasteiger partial charge on any atom is 0.269 e. The second kappa shape index (κ2) is 4.08. The van der Waals surface area contributed by atoms with Crippen LogP contribution in [0, 0.1) is 17.4 Å². The molecule has 2 atom stereocenters. The van der Waals surface area contributed by atoms with Crippen molar-refractivity contribution in [1.82, 2.24) is 0 Å². The first-order valence-corrected chi connectivity index (χ1v) is 8.21. The smallest absolute Gasteiger partial charge is 0.269 e. The Balaban J connectivity index is 2.76. The molecule has 80 valence electrons. The summed E-state index contributed by atoms with van der Waals surface area (Å²) in [6.07, 6.45) is 2.22. The lowest BCUT2D eigenvalue weighted by molar-refractivity contribution is 0.0254. The number of hydrogen-bond donors (Lipinski definition) is 0. The predicted molar refractivity (Wildman–Crippen MR) is 63.4 cm³/mol. The highest BCUT2D eigenvalue weighted by Crippen LogP contribution is 2.36. The van der Waals surface area contributed by atoms with E-state index in [1.807, 2.05) is 0 Å². The Morgan fingerprint density at radius 3 is 2.64 bits per heavy atom. The van der Waals surface area contributed by atoms with Gasteiger partial charge in [0.05, 0.1) is 5.60 Å². The Hall–Kier alpha value is -0.263. The fourth-order valence-electron chi connectivity index (χ4n) is 1.94. The van der Waals surface area contributed by atoms with Gasteiger partial charge in [-0.25, -0.2) is 0 Å². The topological polar surface area (TPSA) is 9.23 Å². The van der Waals surface area contributed by atoms with Gasteiger partial charge in [0.25, 0.3) is 8.32 Å². The molecule has 1 nitrogen and oxygen atoms in total. The van der Waals surface area contributed by atoms with Gasteiger partial charge in [0.15, 0.2) is 0 Å². The lowest BCUT2D eigenvalue weighted by Gasteiger charge is -2.43. The lowest BCUT2D eigenvalue weighted by atomic mass is 9.91. The Labute approximate surface area is 89.4 Å². The molecule has 1 heterocycles. The second-order valence-corrected chi connectivity index (χ2v) is 8.45. The van der Waals surface area contributed by atoms with Crippen LogP contribution < -0.4 is 0 Å². The molecule has 2 heteroatoms. The van der Waals surface area contributed by atoms with Crippen molar-refractivity contribution in [2.75, 3.05) is 0 Å². The van der Waals surface area contributed by atoms with Crippen LogP contribution in [-0.4, -0.2) is 13.9 Å². The maximum atomic E-state index is 6.24. The van der Waals surface area contributed by atoms with Crippen molar-refractivity contribution in [3.8, 4) is 11.5 Å². The summed E-state index contributed by atoms with van der Waals surface area (Å²) in [7, 11) is -1.70. The molecule has 2 unspecified atom stereocenters. The van der Waals surface area contributed by atoms with E-state index in [4.69, 9.17) is 4.43 Å². The van der Waals surface area contributed by atoms with E-state index in [2.05, 4.69) is 45.7 Å². The summed E-state index contributed by atoms with van der Waals surface area (Å²) in [5, 5.41) is 0. The molecular weight excluding hydrogens is 188 g/mol. The predicted octanol–water partition coefficient (Wildman–Crippen LogP) is 3.35. The third-order valence-electron chi connectivity index (χ3n) is 3.26. The minimum absolute atomic E-state index is 0.0294. The van der Waals surface area contributed by atoms with Gasteiger partial charge in [0, 0.05) is 6.42 Å². The minimum atomic E-state index is -1.70. The zero-order valence-corrected chi connectivity index (χ0v) is 11.1. The van der Waals surface area contributed by atoms with Crippen LogP contribution in [-0.2, 0) is 4.43 Å². The summed E-state index contributed by atoms with van der Waals surface area (Å²) in [6, 6.07) is 1.20. The first kappa shape index (κ1) is 11.8. The highest BCUT2D eigenvalue weighted by atomic mass is 28.4. The van der Waals surface area contributed by atoms with E-state index in [-0.39, 0.29) is 5.60 Å². The normalized spacial score (nSPS) is 35.9. The molecule has 0 bridgehead atoms. The van der Waals surface area contributed by atoms with E-state index in [1.54, 1.807) is 0 Å². The molecule has 1 rings (SSSR count). The summed E-state index contributed by atoms with van der Waals surface area (Å²) in [5.74, 6) is 3.86. The molecule has 0 spiro atoms. The summed E-state index contributed by atoms with van der Waals surface area (Å²) < 4.78 is 6.24. The zero-order valence-electron chi connectivity index (χ0n) is 10.1. The van der Waals surface area contributed by atoms with Crippen LogP contribution >= 0.6 is 0 Å². The largest absolute Gasteiger partial charge is 0.400 e. The highest BCUT2D eigenvalue weighted by molar-refractivity contribution is 6.80. The van der Waals surface area contributed by atoms with E-state index >= 15 is 0 Å². The fraction of sp³-hybridized carbons (Fsp3) is 0.833. The lowest BCUT2D eigenvalue weighted by Crippen LogP contribution is -2.50. The van der Waals surface area contributed by atoms with Crippen LogP contribution in [0.4, 0.5) is 0 Å². The molecular formula is C12H22OSi. The Morgan fingerprint density at radius 2 is 2.14 bits per heavy atom. The van der Waals surface area contributed by atoms with Gasteiger partial charge >= 0.3 is 0 Å². The van der Waals surface area contributed by atoms with E-state index in [9.17, 15) is 0 Å². The molecule has 14 heavy (non-hydrogen) atoms. The maximum absolute atomic E-state index is 6.24. The third-order valence-corrected chi connectivity index (χ3v) is 6.18. The van der Waals surface area contributed by atoms with Crippen molar-refractivity contribution in [3.63, 3.8) is 0 Å². The van der Waals surface area contributed by atoms with Crippen LogP contribution in [0.25, 0.3) is 0 Å². The van der Waals surface area contributed by atoms with Crippen molar-refractivity contribution in [1.29, 1.82) is 0 Å². The van der Waals surface area contributed by atoms with Gasteiger partial charge in [-0.2, -0.15) is 0 Å². The van der Waals surface area contributed by atoms with Gasteiger partial charge in [-0.05, 0) is 38.8 Å². The molecule has 0 radical (unpaired) electrons. The molecule has 1 fully saturated rings. The SMILES string of the molecule is CCC#C[Si]1(C)CCC(C)C(C)(C)O1.